The summed E-state index contributed by atoms with van der Waals surface area (Å²) in [4.78, 5) is 3.25. The van der Waals surface area contributed by atoms with Gasteiger partial charge in [0.2, 0.25) is 0 Å². The first-order valence-electron chi connectivity index (χ1n) is 10.2. The number of aryl methyl sites for hydroxylation is 2. The molecular weight excluding hydrogens is 396 g/mol. The molecule has 30 heavy (non-hydrogen) atoms. The molecule has 0 spiro atoms. The normalized spacial score (nSPS) is 10.9. The topological polar surface area (TPSA) is 0 Å². The van der Waals surface area contributed by atoms with Crippen molar-refractivity contribution in [2.45, 2.75) is 19.3 Å². The van der Waals surface area contributed by atoms with Crippen LogP contribution in [-0.2, 0) is 32.8 Å². The molecular formula is C29H28Ti. The predicted octanol–water partition coefficient (Wildman–Crippen LogP) is 7.30. The molecule has 1 aliphatic rings. The third-order valence-corrected chi connectivity index (χ3v) is 4.52. The fraction of sp³-hybridized carbons (Fsp3) is 0.103. The van der Waals surface area contributed by atoms with Crippen LogP contribution in [0.1, 0.15) is 17.5 Å². The zero-order chi connectivity index (χ0) is 21.3. The van der Waals surface area contributed by atoms with E-state index in [1.54, 1.807) is 20.0 Å². The van der Waals surface area contributed by atoms with Crippen LogP contribution in [0.3, 0.4) is 0 Å². The van der Waals surface area contributed by atoms with Crippen LogP contribution in [-0.4, -0.2) is 4.82 Å². The number of hydrogen-bond donors (Lipinski definition) is 0. The van der Waals surface area contributed by atoms with E-state index in [4.69, 9.17) is 0 Å². The Morgan fingerprint density at radius 2 is 1.30 bits per heavy atom. The van der Waals surface area contributed by atoms with Gasteiger partial charge in [-0.25, -0.2) is 12.2 Å². The van der Waals surface area contributed by atoms with E-state index in [9.17, 15) is 0 Å². The minimum absolute atomic E-state index is 1.01. The molecule has 0 atom stereocenters. The van der Waals surface area contributed by atoms with E-state index in [1.807, 2.05) is 12.2 Å². The van der Waals surface area contributed by atoms with Gasteiger partial charge in [0.05, 0.1) is 0 Å². The molecule has 0 nitrogen and oxygen atoms in total. The summed E-state index contributed by atoms with van der Waals surface area (Å²) in [7, 11) is 0. The van der Waals surface area contributed by atoms with E-state index in [0.29, 0.717) is 0 Å². The zero-order valence-electron chi connectivity index (χ0n) is 17.4. The number of fused-ring (bicyclic) bond motifs is 1. The molecule has 0 radical (unpaired) electrons. The average Bonchev–Trinajstić information content (AvgIpc) is 3.56. The average molecular weight is 424 g/mol. The molecule has 0 N–H and O–H groups in total. The summed E-state index contributed by atoms with van der Waals surface area (Å²) in [5.41, 5.74) is 2.83. The molecule has 0 unspecified atom stereocenters. The Balaban J connectivity index is 0.000000170. The van der Waals surface area contributed by atoms with E-state index in [0.717, 1.165) is 19.3 Å². The van der Waals surface area contributed by atoms with Crippen molar-refractivity contribution < 1.29 is 20.0 Å². The van der Waals surface area contributed by atoms with Crippen LogP contribution in [0.25, 0.3) is 10.8 Å². The Morgan fingerprint density at radius 3 is 1.77 bits per heavy atom. The summed E-state index contributed by atoms with van der Waals surface area (Å²) in [6.45, 7) is 0. The van der Waals surface area contributed by atoms with Crippen LogP contribution in [0.15, 0.2) is 121 Å². The van der Waals surface area contributed by atoms with Crippen LogP contribution in [0, 0.1) is 6.08 Å². The number of hydrogen-bond acceptors (Lipinski definition) is 0. The van der Waals surface area contributed by atoms with Gasteiger partial charge >= 0.3 is 24.8 Å². The molecule has 5 rings (SSSR count). The van der Waals surface area contributed by atoms with Crippen molar-refractivity contribution in [3.8, 4) is 0 Å². The van der Waals surface area contributed by atoms with E-state index in [2.05, 4.69) is 120 Å². The summed E-state index contributed by atoms with van der Waals surface area (Å²) in [6, 6.07) is 35.9. The van der Waals surface area contributed by atoms with E-state index in [1.165, 1.54) is 21.9 Å². The maximum atomic E-state index is 3.25. The second kappa shape index (κ2) is 15.2. The van der Waals surface area contributed by atoms with Crippen molar-refractivity contribution in [3.63, 3.8) is 0 Å². The molecule has 1 heteroatoms. The minimum Gasteiger partial charge on any atom is -0.168 e. The Hall–Kier alpha value is -2.67. The van der Waals surface area contributed by atoms with Crippen LogP contribution < -0.4 is 0 Å². The molecule has 0 bridgehead atoms. The maximum Gasteiger partial charge on any atom is -0.0238 e. The minimum atomic E-state index is 1.01. The van der Waals surface area contributed by atoms with Gasteiger partial charge in [0, 0.05) is 0 Å². The van der Waals surface area contributed by atoms with Gasteiger partial charge in [-0.05, 0) is 24.0 Å². The molecule has 4 aromatic carbocycles. The molecule has 0 amide bonds. The van der Waals surface area contributed by atoms with Crippen LogP contribution in [0.2, 0.25) is 0 Å². The van der Waals surface area contributed by atoms with Crippen molar-refractivity contribution in [2.75, 3.05) is 0 Å². The van der Waals surface area contributed by atoms with Crippen molar-refractivity contribution in [3.05, 3.63) is 139 Å². The standard InChI is InChI=1S/C14H14.C9H7.C5H5.CH2.Ti/c1-3-7-13(8-4-1)11-12-14-9-5-2-6-10-14;1-2-5-9-7-3-6-8(9)4-1;1-2-4-5-3-1;;/h1-10H,11-12H2;1-7H;1-3H,4H2;1H2;/q;2*-1;;+2. The summed E-state index contributed by atoms with van der Waals surface area (Å²) in [6.07, 6.45) is 12.3. The van der Waals surface area contributed by atoms with E-state index >= 15 is 0 Å². The van der Waals surface area contributed by atoms with Crippen molar-refractivity contribution in [1.29, 1.82) is 0 Å². The summed E-state index contributed by atoms with van der Waals surface area (Å²) >= 11 is 1.75. The Morgan fingerprint density at radius 1 is 0.733 bits per heavy atom. The number of benzene rings is 3. The first-order valence-corrected chi connectivity index (χ1v) is 11.3. The SMILES string of the molecule is [C-]1=CC=CC1.[CH2]=[Ti+2].c1ccc(CCc2ccccc2)cc1.c1ccc2[cH-]ccc2c1. The quantitative estimate of drug-likeness (QED) is 0.239. The molecule has 1 aliphatic carbocycles. The largest absolute Gasteiger partial charge is 0.168 e. The molecule has 0 fully saturated rings. The van der Waals surface area contributed by atoms with Crippen LogP contribution >= 0.6 is 0 Å². The van der Waals surface area contributed by atoms with E-state index in [-0.39, 0.29) is 0 Å². The van der Waals surface area contributed by atoms with Crippen molar-refractivity contribution in [1.82, 2.24) is 0 Å². The second-order valence-electron chi connectivity index (χ2n) is 6.63. The zero-order valence-corrected chi connectivity index (χ0v) is 18.9. The predicted molar refractivity (Wildman–Crippen MR) is 129 cm³/mol. The monoisotopic (exact) mass is 424 g/mol. The van der Waals surface area contributed by atoms with Crippen molar-refractivity contribution in [2.24, 2.45) is 0 Å². The molecule has 0 saturated heterocycles. The Labute approximate surface area is 192 Å². The van der Waals surface area contributed by atoms with Gasteiger partial charge in [-0.1, -0.05) is 66.7 Å². The summed E-state index contributed by atoms with van der Waals surface area (Å²) in [5, 5.41) is 2.66. The van der Waals surface area contributed by atoms with Crippen LogP contribution in [0.4, 0.5) is 0 Å². The smallest absolute Gasteiger partial charge is 0.0238 e. The van der Waals surface area contributed by atoms with Gasteiger partial charge in [0.25, 0.3) is 0 Å². The molecule has 148 valence electrons. The van der Waals surface area contributed by atoms with Gasteiger partial charge in [-0.2, -0.15) is 23.6 Å². The molecule has 0 saturated carbocycles. The third-order valence-electron chi connectivity index (χ3n) is 4.52. The van der Waals surface area contributed by atoms with Gasteiger partial charge < -0.3 is 0 Å². The molecule has 0 aromatic heterocycles. The summed E-state index contributed by atoms with van der Waals surface area (Å²) < 4.78 is 0. The fourth-order valence-corrected chi connectivity index (χ4v) is 2.99. The molecule has 0 heterocycles. The fourth-order valence-electron chi connectivity index (χ4n) is 2.99. The molecule has 4 aromatic rings. The summed E-state index contributed by atoms with van der Waals surface area (Å²) in [5.74, 6) is 0. The number of rotatable bonds is 3. The Kier molecular flexibility index (Phi) is 12.0. The number of allylic oxidation sites excluding steroid dienone is 4. The first-order chi connectivity index (χ1) is 14.9. The maximum absolute atomic E-state index is 3.25. The van der Waals surface area contributed by atoms with Gasteiger partial charge in [0.15, 0.2) is 0 Å². The van der Waals surface area contributed by atoms with Crippen LogP contribution in [0.5, 0.6) is 0 Å². The first kappa shape index (κ1) is 23.6. The molecule has 0 aliphatic heterocycles. The van der Waals surface area contributed by atoms with Gasteiger partial charge in [-0.15, -0.1) is 36.1 Å². The van der Waals surface area contributed by atoms with Gasteiger partial charge in [-0.3, -0.25) is 6.08 Å². The third kappa shape index (κ3) is 9.22. The Bertz CT molecular complexity index is 914. The van der Waals surface area contributed by atoms with E-state index < -0.39 is 0 Å². The van der Waals surface area contributed by atoms with Gasteiger partial charge in [0.1, 0.15) is 0 Å². The van der Waals surface area contributed by atoms with Crippen molar-refractivity contribution >= 4 is 15.6 Å². The second-order valence-corrected chi connectivity index (χ2v) is 6.63.